The van der Waals surface area contributed by atoms with Crippen LogP contribution in [0.4, 0.5) is 10.2 Å². The van der Waals surface area contributed by atoms with Gasteiger partial charge in [-0.3, -0.25) is 0 Å². The van der Waals surface area contributed by atoms with E-state index >= 15 is 0 Å². The number of hydrogen-bond acceptors (Lipinski definition) is 8. The molecule has 9 heteroatoms. The summed E-state index contributed by atoms with van der Waals surface area (Å²) in [5.41, 5.74) is 9.62. The molecule has 0 spiro atoms. The summed E-state index contributed by atoms with van der Waals surface area (Å²) in [7, 11) is 0. The first-order valence-electron chi connectivity index (χ1n) is 11.1. The lowest BCUT2D eigenvalue weighted by molar-refractivity contribution is 0.226. The molecule has 1 aromatic heterocycles. The van der Waals surface area contributed by atoms with Crippen LogP contribution in [0.1, 0.15) is 49.0 Å². The van der Waals surface area contributed by atoms with E-state index < -0.39 is 11.9 Å². The monoisotopic (exact) mass is 459 g/mol. The molecule has 1 aliphatic carbocycles. The van der Waals surface area contributed by atoms with E-state index in [0.29, 0.717) is 33.7 Å². The van der Waals surface area contributed by atoms with Crippen LogP contribution in [-0.4, -0.2) is 30.0 Å². The number of nitriles is 1. The maximum absolute atomic E-state index is 14.3. The lowest BCUT2D eigenvalue weighted by Crippen LogP contribution is -2.35. The van der Waals surface area contributed by atoms with Crippen molar-refractivity contribution in [3.63, 3.8) is 0 Å². The Morgan fingerprint density at radius 1 is 1.35 bits per heavy atom. The summed E-state index contributed by atoms with van der Waals surface area (Å²) in [5, 5.41) is 32.3. The number of halogens is 1. The van der Waals surface area contributed by atoms with Crippen LogP contribution >= 0.6 is 0 Å². The second kappa shape index (κ2) is 9.75. The molecule has 1 aliphatic heterocycles. The fraction of sp³-hybridized carbons (Fsp3) is 0.280. The Morgan fingerprint density at radius 3 is 2.79 bits per heavy atom. The molecule has 174 valence electrons. The van der Waals surface area contributed by atoms with Crippen LogP contribution in [0.2, 0.25) is 0 Å². The van der Waals surface area contributed by atoms with Crippen LogP contribution in [0.15, 0.2) is 41.6 Å². The minimum absolute atomic E-state index is 0.0784. The van der Waals surface area contributed by atoms with Gasteiger partial charge in [-0.2, -0.15) is 5.26 Å². The van der Waals surface area contributed by atoms with Gasteiger partial charge in [-0.05, 0) is 50.5 Å². The number of rotatable bonds is 4. The average Bonchev–Trinajstić information content (AvgIpc) is 2.80. The number of nitrogens with zero attached hydrogens (tertiary/aromatic N) is 2. The predicted molar refractivity (Wildman–Crippen MR) is 130 cm³/mol. The number of allylic oxidation sites excluding steroid dienone is 1. The number of anilines is 1. The van der Waals surface area contributed by atoms with E-state index in [2.05, 4.69) is 15.6 Å². The maximum atomic E-state index is 14.3. The summed E-state index contributed by atoms with van der Waals surface area (Å²) in [6.45, 7) is 1.95. The van der Waals surface area contributed by atoms with Crippen molar-refractivity contribution in [2.24, 2.45) is 0 Å². The first-order chi connectivity index (χ1) is 16.4. The number of fused-ring (bicyclic) bond motifs is 3. The minimum atomic E-state index is -0.638. The molecule has 34 heavy (non-hydrogen) atoms. The first kappa shape index (κ1) is 23.0. The van der Waals surface area contributed by atoms with Gasteiger partial charge in [-0.25, -0.2) is 9.37 Å². The van der Waals surface area contributed by atoms with Gasteiger partial charge in [0.2, 0.25) is 0 Å². The summed E-state index contributed by atoms with van der Waals surface area (Å²) in [6, 6.07) is 8.29. The number of ether oxygens (including phenoxy) is 1. The highest BCUT2D eigenvalue weighted by atomic mass is 19.1. The minimum Gasteiger partial charge on any atom is -0.482 e. The number of hydrogen-bond donors (Lipinski definition) is 5. The molecule has 6 N–H and O–H groups in total. The topological polar surface area (TPSA) is 144 Å². The zero-order chi connectivity index (χ0) is 24.2. The Labute approximate surface area is 197 Å². The van der Waals surface area contributed by atoms with E-state index in [1.54, 1.807) is 25.3 Å². The Kier molecular flexibility index (Phi) is 6.59. The number of nitrogen functional groups attached to an aromatic ring is 1. The van der Waals surface area contributed by atoms with Gasteiger partial charge >= 0.3 is 0 Å². The van der Waals surface area contributed by atoms with Gasteiger partial charge in [0.25, 0.3) is 0 Å². The van der Waals surface area contributed by atoms with E-state index in [9.17, 15) is 9.65 Å². The van der Waals surface area contributed by atoms with Crippen molar-refractivity contribution in [1.82, 2.24) is 15.6 Å². The molecule has 1 atom stereocenters. The highest BCUT2D eigenvalue weighted by molar-refractivity contribution is 5.95. The molecular weight excluding hydrogens is 433 g/mol. The molecule has 2 aromatic rings. The van der Waals surface area contributed by atoms with Gasteiger partial charge in [0.1, 0.15) is 18.0 Å². The van der Waals surface area contributed by atoms with Crippen molar-refractivity contribution in [2.75, 3.05) is 12.3 Å². The summed E-state index contributed by atoms with van der Waals surface area (Å²) < 4.78 is 20.4. The van der Waals surface area contributed by atoms with Crippen molar-refractivity contribution in [3.8, 4) is 11.8 Å². The third-order valence-electron chi connectivity index (χ3n) is 6.13. The van der Waals surface area contributed by atoms with Gasteiger partial charge in [0.15, 0.2) is 11.6 Å². The molecule has 1 aromatic carbocycles. The van der Waals surface area contributed by atoms with E-state index in [0.717, 1.165) is 31.2 Å². The van der Waals surface area contributed by atoms with Gasteiger partial charge in [0, 0.05) is 59.2 Å². The van der Waals surface area contributed by atoms with Crippen molar-refractivity contribution in [3.05, 3.63) is 64.1 Å². The fourth-order valence-electron chi connectivity index (χ4n) is 4.05. The van der Waals surface area contributed by atoms with Crippen molar-refractivity contribution >= 4 is 29.6 Å². The van der Waals surface area contributed by atoms with Crippen LogP contribution in [0.3, 0.4) is 0 Å². The molecule has 4 rings (SSSR count). The van der Waals surface area contributed by atoms with Crippen LogP contribution < -0.4 is 21.1 Å². The average molecular weight is 460 g/mol. The highest BCUT2D eigenvalue weighted by Crippen LogP contribution is 2.34. The number of nitrogens with one attached hydrogen (secondary N) is 4. The normalized spacial score (nSPS) is 21.7. The Bertz CT molecular complexity index is 1240. The SMILES string of the molecule is C[C@H]1Oc2cc(cnc2N)/C(NC2CCC2)=C(/C=N)CN/C(=C(/C#N)C=N)c2ccc(F)cc21. The standard InChI is InChI=1S/C25H26FN7O/c1-14-21-8-18(26)5-6-20(21)24(16(9-27)10-28)31-13-17(11-29)23(33-19-3-2-4-19)15-7-22(34-14)25(30)32-12-15/h5-9,11-12,14,19,27,29,31,33H,2-4,13H2,1H3,(H2,30,32)/b23-17+,24-16+,27-9?,29-11?/t14-/m1/s1. The zero-order valence-electron chi connectivity index (χ0n) is 18.8. The zero-order valence-corrected chi connectivity index (χ0v) is 18.8. The van der Waals surface area contributed by atoms with E-state index in [-0.39, 0.29) is 24.0 Å². The van der Waals surface area contributed by atoms with Crippen molar-refractivity contribution in [1.29, 1.82) is 16.1 Å². The van der Waals surface area contributed by atoms with Crippen LogP contribution in [0.25, 0.3) is 11.4 Å². The largest absolute Gasteiger partial charge is 0.482 e. The van der Waals surface area contributed by atoms with Crippen LogP contribution in [-0.2, 0) is 0 Å². The quantitative estimate of drug-likeness (QED) is 0.346. The first-order valence-corrected chi connectivity index (χ1v) is 11.1. The summed E-state index contributed by atoms with van der Waals surface area (Å²) in [4.78, 5) is 4.30. The Balaban J connectivity index is 1.94. The third kappa shape index (κ3) is 4.48. The Hall–Kier alpha value is -4.19. The molecule has 1 fully saturated rings. The van der Waals surface area contributed by atoms with Gasteiger partial charge in [-0.15, -0.1) is 0 Å². The second-order valence-corrected chi connectivity index (χ2v) is 8.31. The van der Waals surface area contributed by atoms with E-state index in [4.69, 9.17) is 21.3 Å². The van der Waals surface area contributed by atoms with Gasteiger partial charge in [-0.1, -0.05) is 0 Å². The maximum Gasteiger partial charge on any atom is 0.166 e. The molecule has 2 aliphatic rings. The smallest absolute Gasteiger partial charge is 0.166 e. The summed E-state index contributed by atoms with van der Waals surface area (Å²) in [5.74, 6) is 0.0705. The molecule has 8 nitrogen and oxygen atoms in total. The molecule has 2 bridgehead atoms. The highest BCUT2D eigenvalue weighted by Gasteiger charge is 2.24. The molecule has 0 radical (unpaired) electrons. The number of pyridine rings is 1. The Morgan fingerprint density at radius 2 is 2.15 bits per heavy atom. The van der Waals surface area contributed by atoms with E-state index in [1.165, 1.54) is 18.3 Å². The van der Waals surface area contributed by atoms with Crippen LogP contribution in [0, 0.1) is 28.0 Å². The van der Waals surface area contributed by atoms with E-state index in [1.807, 2.05) is 6.07 Å². The fourth-order valence-corrected chi connectivity index (χ4v) is 4.05. The molecule has 0 saturated heterocycles. The van der Waals surface area contributed by atoms with Gasteiger partial charge in [0.05, 0.1) is 11.3 Å². The van der Waals surface area contributed by atoms with Crippen molar-refractivity contribution in [2.45, 2.75) is 38.3 Å². The molecule has 0 unspecified atom stereocenters. The predicted octanol–water partition coefficient (Wildman–Crippen LogP) is 3.93. The van der Waals surface area contributed by atoms with Gasteiger partial charge < -0.3 is 31.9 Å². The lowest BCUT2D eigenvalue weighted by atomic mass is 9.92. The number of benzene rings is 1. The molecule has 2 heterocycles. The van der Waals surface area contributed by atoms with Crippen molar-refractivity contribution < 1.29 is 9.13 Å². The number of nitrogens with two attached hydrogens (primary N) is 1. The second-order valence-electron chi connectivity index (χ2n) is 8.31. The summed E-state index contributed by atoms with van der Waals surface area (Å²) in [6.07, 6.45) is 6.40. The molecule has 1 saturated carbocycles. The summed E-state index contributed by atoms with van der Waals surface area (Å²) >= 11 is 0. The molecule has 0 amide bonds. The van der Waals surface area contributed by atoms with Crippen LogP contribution in [0.5, 0.6) is 5.75 Å². The number of aromatic nitrogens is 1. The molecular formula is C25H26FN7O. The lowest BCUT2D eigenvalue weighted by Gasteiger charge is -2.31. The third-order valence-corrected chi connectivity index (χ3v) is 6.13.